The number of carbonyl (C=O) groups is 1. The Bertz CT molecular complexity index is 891. The average molecular weight is 369 g/mol. The van der Waals surface area contributed by atoms with Gasteiger partial charge < -0.3 is 4.74 Å². The van der Waals surface area contributed by atoms with Crippen molar-refractivity contribution in [2.24, 2.45) is 0 Å². The molecule has 2 aliphatic carbocycles. The number of Topliss-reactive ketones (excluding diaryl/α,β-unsaturated/α-hetero) is 1. The van der Waals surface area contributed by atoms with E-state index in [0.717, 1.165) is 38.9 Å². The van der Waals surface area contributed by atoms with E-state index in [4.69, 9.17) is 4.74 Å². The summed E-state index contributed by atoms with van der Waals surface area (Å²) in [7, 11) is 1.63. The molecule has 0 bridgehead atoms. The van der Waals surface area contributed by atoms with Crippen molar-refractivity contribution < 1.29 is 9.53 Å². The second-order valence-corrected chi connectivity index (χ2v) is 7.61. The molecule has 2 aromatic carbocycles. The van der Waals surface area contributed by atoms with Crippen LogP contribution in [0.2, 0.25) is 0 Å². The van der Waals surface area contributed by atoms with Crippen LogP contribution >= 0.6 is 15.9 Å². The first-order valence-corrected chi connectivity index (χ1v) is 8.48. The lowest BCUT2D eigenvalue weighted by molar-refractivity contribution is 0.105. The minimum Gasteiger partial charge on any atom is -0.497 e. The molecule has 0 fully saturated rings. The highest BCUT2D eigenvalue weighted by Gasteiger charge is 2.42. The van der Waals surface area contributed by atoms with Crippen LogP contribution in [0.1, 0.15) is 40.9 Å². The van der Waals surface area contributed by atoms with Crippen LogP contribution in [0.15, 0.2) is 46.4 Å². The molecule has 23 heavy (non-hydrogen) atoms. The van der Waals surface area contributed by atoms with Crippen LogP contribution in [-0.4, -0.2) is 12.9 Å². The predicted molar refractivity (Wildman–Crippen MR) is 95.1 cm³/mol. The number of ether oxygens (including phenoxy) is 1. The first-order chi connectivity index (χ1) is 10.9. The summed E-state index contributed by atoms with van der Waals surface area (Å²) < 4.78 is 6.37. The van der Waals surface area contributed by atoms with Gasteiger partial charge in [0.25, 0.3) is 0 Å². The maximum atomic E-state index is 13.2. The Balaban J connectivity index is 1.97. The fourth-order valence-electron chi connectivity index (χ4n) is 3.87. The Kier molecular flexibility index (Phi) is 3.08. The van der Waals surface area contributed by atoms with E-state index < -0.39 is 0 Å². The fraction of sp³-hybridized carbons (Fsp3) is 0.250. The highest BCUT2D eigenvalue weighted by atomic mass is 79.9. The molecule has 0 heterocycles. The van der Waals surface area contributed by atoms with Crippen LogP contribution in [0.5, 0.6) is 5.75 Å². The second-order valence-electron chi connectivity index (χ2n) is 6.70. The number of hydrogen-bond donors (Lipinski definition) is 0. The molecule has 0 saturated carbocycles. The fourth-order valence-corrected chi connectivity index (χ4v) is 4.28. The predicted octanol–water partition coefficient (Wildman–Crippen LogP) is 4.94. The van der Waals surface area contributed by atoms with Crippen LogP contribution in [-0.2, 0) is 11.8 Å². The number of benzene rings is 2. The monoisotopic (exact) mass is 368 g/mol. The van der Waals surface area contributed by atoms with Crippen LogP contribution in [0.25, 0.3) is 5.57 Å². The number of fused-ring (bicyclic) bond motifs is 3. The van der Waals surface area contributed by atoms with Gasteiger partial charge in [-0.05, 0) is 52.9 Å². The summed E-state index contributed by atoms with van der Waals surface area (Å²) in [5.41, 5.74) is 6.13. The number of rotatable bonds is 1. The van der Waals surface area contributed by atoms with E-state index in [1.165, 1.54) is 11.1 Å². The third kappa shape index (κ3) is 1.96. The number of allylic oxidation sites excluding steroid dienone is 2. The zero-order valence-electron chi connectivity index (χ0n) is 13.4. The SMILES string of the molecule is COc1ccc2c(c1)C(=O)C1=C(Cc3cc(Br)ccc31)C2(C)C. The van der Waals surface area contributed by atoms with Crippen molar-refractivity contribution in [1.29, 1.82) is 0 Å². The van der Waals surface area contributed by atoms with Crippen molar-refractivity contribution in [2.75, 3.05) is 7.11 Å². The van der Waals surface area contributed by atoms with Crippen molar-refractivity contribution in [2.45, 2.75) is 25.7 Å². The molecule has 2 aliphatic rings. The summed E-state index contributed by atoms with van der Waals surface area (Å²) in [5.74, 6) is 0.847. The topological polar surface area (TPSA) is 26.3 Å². The van der Waals surface area contributed by atoms with Gasteiger partial charge in [-0.25, -0.2) is 0 Å². The van der Waals surface area contributed by atoms with Crippen molar-refractivity contribution in [3.8, 4) is 5.75 Å². The van der Waals surface area contributed by atoms with Crippen molar-refractivity contribution in [1.82, 2.24) is 0 Å². The number of hydrogen-bond acceptors (Lipinski definition) is 2. The van der Waals surface area contributed by atoms with Crippen molar-refractivity contribution in [3.05, 3.63) is 68.7 Å². The number of carbonyl (C=O) groups excluding carboxylic acids is 1. The highest BCUT2D eigenvalue weighted by molar-refractivity contribution is 9.10. The van der Waals surface area contributed by atoms with Crippen LogP contribution in [0.3, 0.4) is 0 Å². The molecule has 2 nitrogen and oxygen atoms in total. The molecule has 0 aromatic heterocycles. The summed E-state index contributed by atoms with van der Waals surface area (Å²) in [4.78, 5) is 13.2. The summed E-state index contributed by atoms with van der Waals surface area (Å²) in [6.45, 7) is 4.42. The molecule has 0 N–H and O–H groups in total. The number of ketones is 1. The van der Waals surface area contributed by atoms with E-state index in [2.05, 4.69) is 41.9 Å². The zero-order chi connectivity index (χ0) is 16.4. The lowest BCUT2D eigenvalue weighted by atomic mass is 9.68. The molecule has 0 spiro atoms. The maximum Gasteiger partial charge on any atom is 0.194 e. The lowest BCUT2D eigenvalue weighted by Crippen LogP contribution is -2.29. The number of halogens is 1. The Morgan fingerprint density at radius 1 is 1.09 bits per heavy atom. The minimum absolute atomic E-state index is 0.120. The first-order valence-electron chi connectivity index (χ1n) is 7.69. The third-order valence-electron chi connectivity index (χ3n) is 5.13. The summed E-state index contributed by atoms with van der Waals surface area (Å²) >= 11 is 3.54. The van der Waals surface area contributed by atoms with Crippen LogP contribution in [0, 0.1) is 0 Å². The van der Waals surface area contributed by atoms with Gasteiger partial charge in [-0.3, -0.25) is 4.79 Å². The van der Waals surface area contributed by atoms with Gasteiger partial charge in [-0.1, -0.05) is 41.9 Å². The van der Waals surface area contributed by atoms with Crippen LogP contribution in [0.4, 0.5) is 0 Å². The molecular formula is C20H17BrO2. The number of methoxy groups -OCH3 is 1. The third-order valence-corrected chi connectivity index (χ3v) is 5.63. The van der Waals surface area contributed by atoms with E-state index >= 15 is 0 Å². The van der Waals surface area contributed by atoms with Gasteiger partial charge in [0.2, 0.25) is 0 Å². The molecule has 0 radical (unpaired) electrons. The van der Waals surface area contributed by atoms with E-state index in [1.807, 2.05) is 24.3 Å². The minimum atomic E-state index is -0.156. The van der Waals surface area contributed by atoms with Crippen molar-refractivity contribution in [3.63, 3.8) is 0 Å². The summed E-state index contributed by atoms with van der Waals surface area (Å²) in [6, 6.07) is 12.0. The van der Waals surface area contributed by atoms with E-state index in [0.29, 0.717) is 0 Å². The molecule has 0 aliphatic heterocycles. The van der Waals surface area contributed by atoms with Gasteiger partial charge in [0, 0.05) is 21.0 Å². The molecule has 0 unspecified atom stereocenters. The van der Waals surface area contributed by atoms with Gasteiger partial charge >= 0.3 is 0 Å². The lowest BCUT2D eigenvalue weighted by Gasteiger charge is -2.34. The summed E-state index contributed by atoms with van der Waals surface area (Å²) in [5, 5.41) is 0. The molecule has 0 amide bonds. The second kappa shape index (κ2) is 4.81. The Morgan fingerprint density at radius 2 is 1.87 bits per heavy atom. The van der Waals surface area contributed by atoms with E-state index in [-0.39, 0.29) is 11.2 Å². The van der Waals surface area contributed by atoms with E-state index in [1.54, 1.807) is 7.11 Å². The Labute approximate surface area is 144 Å². The van der Waals surface area contributed by atoms with Gasteiger partial charge in [-0.15, -0.1) is 0 Å². The van der Waals surface area contributed by atoms with Gasteiger partial charge in [0.1, 0.15) is 5.75 Å². The molecule has 0 atom stereocenters. The van der Waals surface area contributed by atoms with E-state index in [9.17, 15) is 4.79 Å². The standard InChI is InChI=1S/C20H17BrO2/c1-20(2)16-7-5-13(23-3)10-15(16)19(22)18-14-6-4-12(21)8-11(14)9-17(18)20/h4-8,10H,9H2,1-3H3. The van der Waals surface area contributed by atoms with Crippen molar-refractivity contribution >= 4 is 27.3 Å². The van der Waals surface area contributed by atoms with Gasteiger partial charge in [-0.2, -0.15) is 0 Å². The first kappa shape index (κ1) is 14.7. The smallest absolute Gasteiger partial charge is 0.194 e. The molecule has 116 valence electrons. The normalized spacial score (nSPS) is 17.7. The van der Waals surface area contributed by atoms with Gasteiger partial charge in [0.15, 0.2) is 5.78 Å². The Hall–Kier alpha value is -1.87. The Morgan fingerprint density at radius 3 is 2.61 bits per heavy atom. The van der Waals surface area contributed by atoms with Gasteiger partial charge in [0.05, 0.1) is 7.11 Å². The highest BCUT2D eigenvalue weighted by Crippen LogP contribution is 2.50. The maximum absolute atomic E-state index is 13.2. The average Bonchev–Trinajstić information content (AvgIpc) is 2.92. The molecule has 4 rings (SSSR count). The summed E-state index contributed by atoms with van der Waals surface area (Å²) in [6.07, 6.45) is 0.842. The zero-order valence-corrected chi connectivity index (χ0v) is 15.0. The largest absolute Gasteiger partial charge is 0.497 e. The van der Waals surface area contributed by atoms with Crippen LogP contribution < -0.4 is 4.74 Å². The quantitative estimate of drug-likeness (QED) is 0.712. The molecule has 2 aromatic rings. The molecular weight excluding hydrogens is 352 g/mol. The molecule has 0 saturated heterocycles. The molecule has 3 heteroatoms.